The molecule has 3 nitrogen and oxygen atoms in total. The van der Waals surface area contributed by atoms with Crippen molar-refractivity contribution in [2.45, 2.75) is 35.8 Å². The van der Waals surface area contributed by atoms with Gasteiger partial charge in [0.15, 0.2) is 5.37 Å². The van der Waals surface area contributed by atoms with Crippen LogP contribution in [0.5, 0.6) is 5.75 Å². The molecule has 1 aromatic heterocycles. The fraction of sp³-hybridized carbons (Fsp3) is 0.267. The Morgan fingerprint density at radius 1 is 1.19 bits per heavy atom. The zero-order chi connectivity index (χ0) is 24.8. The first kappa shape index (κ1) is 24.0. The number of fused-ring (bicyclic) bond motifs is 3. The second-order valence-corrected chi connectivity index (χ2v) is 12.7. The smallest absolute Gasteiger partial charge is 0.159 e. The zero-order valence-corrected chi connectivity index (χ0v) is 23.5. The minimum Gasteiger partial charge on any atom is -0.496 e. The van der Waals surface area contributed by atoms with Crippen molar-refractivity contribution in [1.29, 1.82) is 0 Å². The third-order valence-corrected chi connectivity index (χ3v) is 10.8. The van der Waals surface area contributed by atoms with Gasteiger partial charge in [0.2, 0.25) is 0 Å². The van der Waals surface area contributed by atoms with Crippen molar-refractivity contribution in [3.05, 3.63) is 92.0 Å². The molecule has 36 heavy (non-hydrogen) atoms. The number of anilines is 1. The van der Waals surface area contributed by atoms with Gasteiger partial charge in [0.05, 0.1) is 30.1 Å². The topological polar surface area (TPSA) is 16.9 Å². The maximum absolute atomic E-state index is 5.61. The molecular weight excluding hydrogens is 501 g/mol. The van der Waals surface area contributed by atoms with Crippen LogP contribution in [0.15, 0.2) is 76.0 Å². The molecule has 1 fully saturated rings. The predicted molar refractivity (Wildman–Crippen MR) is 157 cm³/mol. The second kappa shape index (κ2) is 9.82. The summed E-state index contributed by atoms with van der Waals surface area (Å²) in [6.45, 7) is 5.29. The number of allylic oxidation sites excluding steroid dienone is 2. The number of thiophene rings is 1. The molecule has 3 heterocycles. The fourth-order valence-electron chi connectivity index (χ4n) is 5.46. The Labute approximate surface area is 225 Å². The summed E-state index contributed by atoms with van der Waals surface area (Å²) < 4.78 is 5.61. The minimum absolute atomic E-state index is 0.379. The van der Waals surface area contributed by atoms with Crippen molar-refractivity contribution >= 4 is 57.9 Å². The molecule has 3 aliphatic rings. The van der Waals surface area contributed by atoms with E-state index in [0.717, 1.165) is 18.7 Å². The molecule has 3 aromatic rings. The normalized spacial score (nSPS) is 23.9. The van der Waals surface area contributed by atoms with Crippen LogP contribution in [0.2, 0.25) is 0 Å². The van der Waals surface area contributed by atoms with E-state index in [4.69, 9.17) is 4.74 Å². The molecule has 0 spiro atoms. The molecular formula is C30H31N2OS3+. The predicted octanol–water partition coefficient (Wildman–Crippen LogP) is 4.87. The molecule has 2 aromatic carbocycles. The standard InChI is InChI=1S/C30H30N2OS3/c1-5-32-23-15-19(2)24(33-4)18-27(23)36-29(32)17-21(25-11-8-14-34-25)16-28-31(3)30-22-10-7-6-9-20(22)12-13-26(30)35-28/h6-12,14-18,26,28H,5,13H2,1-4H3/p+1/b21-16+,29-17?. The van der Waals surface area contributed by atoms with Crippen molar-refractivity contribution in [2.24, 2.45) is 0 Å². The number of hydrogen-bond acceptors (Lipinski definition) is 5. The quantitative estimate of drug-likeness (QED) is 0.506. The molecule has 0 saturated carbocycles. The first-order valence-corrected chi connectivity index (χ1v) is 15.1. The Balaban J connectivity index is 1.40. The van der Waals surface area contributed by atoms with E-state index in [1.54, 1.807) is 12.8 Å². The number of methoxy groups -OCH3 is 1. The van der Waals surface area contributed by atoms with Crippen LogP contribution < -0.4 is 25.0 Å². The maximum Gasteiger partial charge on any atom is 0.159 e. The summed E-state index contributed by atoms with van der Waals surface area (Å²) in [6, 6.07) is 17.7. The van der Waals surface area contributed by atoms with Crippen LogP contribution in [0.3, 0.4) is 0 Å². The third kappa shape index (κ3) is 4.14. The van der Waals surface area contributed by atoms with Crippen LogP contribution in [0.4, 0.5) is 5.69 Å². The Kier molecular flexibility index (Phi) is 6.54. The zero-order valence-electron chi connectivity index (χ0n) is 21.1. The molecule has 6 rings (SSSR count). The van der Waals surface area contributed by atoms with Crippen LogP contribution in [0.1, 0.15) is 23.8 Å². The van der Waals surface area contributed by atoms with E-state index in [-0.39, 0.29) is 0 Å². The molecule has 1 saturated heterocycles. The van der Waals surface area contributed by atoms with Crippen LogP contribution in [-0.2, 0) is 0 Å². The van der Waals surface area contributed by atoms with Crippen molar-refractivity contribution in [3.63, 3.8) is 0 Å². The van der Waals surface area contributed by atoms with Crippen molar-refractivity contribution in [2.75, 3.05) is 25.6 Å². The van der Waals surface area contributed by atoms with Gasteiger partial charge in [-0.2, -0.15) is 0 Å². The first-order chi connectivity index (χ1) is 17.6. The number of benzene rings is 2. The Hall–Kier alpha value is -2.38. The highest BCUT2D eigenvalue weighted by Crippen LogP contribution is 2.49. The van der Waals surface area contributed by atoms with Crippen molar-refractivity contribution in [3.8, 4) is 5.75 Å². The molecule has 1 N–H and O–H groups in total. The Morgan fingerprint density at radius 3 is 2.83 bits per heavy atom. The molecule has 2 aliphatic heterocycles. The molecule has 0 bridgehead atoms. The van der Waals surface area contributed by atoms with Gasteiger partial charge in [0, 0.05) is 21.5 Å². The summed E-state index contributed by atoms with van der Waals surface area (Å²) in [5.74, 6) is 0.955. The molecule has 184 valence electrons. The van der Waals surface area contributed by atoms with Gasteiger partial charge in [0.1, 0.15) is 11.4 Å². The van der Waals surface area contributed by atoms with E-state index in [1.165, 1.54) is 47.0 Å². The van der Waals surface area contributed by atoms with Crippen LogP contribution in [0.25, 0.3) is 17.3 Å². The van der Waals surface area contributed by atoms with Gasteiger partial charge >= 0.3 is 0 Å². The highest BCUT2D eigenvalue weighted by Gasteiger charge is 2.40. The van der Waals surface area contributed by atoms with Crippen LogP contribution in [-0.4, -0.2) is 31.3 Å². The van der Waals surface area contributed by atoms with Gasteiger partial charge in [-0.1, -0.05) is 53.9 Å². The maximum atomic E-state index is 5.61. The fourth-order valence-corrected chi connectivity index (χ4v) is 8.94. The summed E-state index contributed by atoms with van der Waals surface area (Å²) >= 11 is 5.78. The number of quaternary nitrogens is 1. The Bertz CT molecular complexity index is 1490. The SMILES string of the molecule is CCN1C(=C/C(=C\C2SC3CC=c4ccccc4=C3[NH+]2C)c2cccs2)Sc2cc(OC)c(C)cc21. The lowest BCUT2D eigenvalue weighted by Gasteiger charge is -2.20. The van der Waals surface area contributed by atoms with Gasteiger partial charge in [-0.05, 0) is 78.4 Å². The molecule has 1 aliphatic carbocycles. The van der Waals surface area contributed by atoms with E-state index in [9.17, 15) is 0 Å². The van der Waals surface area contributed by atoms with Crippen molar-refractivity contribution in [1.82, 2.24) is 0 Å². The van der Waals surface area contributed by atoms with Crippen LogP contribution in [0, 0.1) is 6.92 Å². The average Bonchev–Trinajstić information content (AvgIpc) is 3.61. The van der Waals surface area contributed by atoms with Gasteiger partial charge in [-0.25, -0.2) is 0 Å². The lowest BCUT2D eigenvalue weighted by atomic mass is 10.0. The minimum atomic E-state index is 0.379. The first-order valence-electron chi connectivity index (χ1n) is 12.5. The molecule has 3 unspecified atom stereocenters. The van der Waals surface area contributed by atoms with Crippen molar-refractivity contribution < 1.29 is 9.64 Å². The van der Waals surface area contributed by atoms with Gasteiger partial charge < -0.3 is 9.64 Å². The molecule has 0 amide bonds. The van der Waals surface area contributed by atoms with E-state index >= 15 is 0 Å². The summed E-state index contributed by atoms with van der Waals surface area (Å²) in [7, 11) is 4.10. The Morgan fingerprint density at radius 2 is 2.06 bits per heavy atom. The third-order valence-electron chi connectivity index (χ3n) is 7.27. The van der Waals surface area contributed by atoms with E-state index in [1.807, 2.05) is 23.1 Å². The van der Waals surface area contributed by atoms with E-state index in [2.05, 4.69) is 110 Å². The van der Waals surface area contributed by atoms with Gasteiger partial charge in [0.25, 0.3) is 0 Å². The molecule has 0 radical (unpaired) electrons. The number of nitrogens with one attached hydrogen (secondary N) is 1. The average molecular weight is 532 g/mol. The van der Waals surface area contributed by atoms with Gasteiger partial charge in [-0.3, -0.25) is 4.90 Å². The van der Waals surface area contributed by atoms with Gasteiger partial charge in [-0.15, -0.1) is 11.3 Å². The lowest BCUT2D eigenvalue weighted by molar-refractivity contribution is -0.805. The number of rotatable bonds is 5. The lowest BCUT2D eigenvalue weighted by Crippen LogP contribution is -3.09. The number of hydrogen-bond donors (Lipinski definition) is 1. The van der Waals surface area contributed by atoms with E-state index in [0.29, 0.717) is 10.6 Å². The summed E-state index contributed by atoms with van der Waals surface area (Å²) in [6.07, 6.45) is 8.45. The highest BCUT2D eigenvalue weighted by atomic mass is 32.2. The molecule has 6 heteroatoms. The second-order valence-electron chi connectivity index (χ2n) is 9.39. The number of likely N-dealkylation sites (N-methyl/N-ethyl adjacent to an activating group) is 1. The molecule has 3 atom stereocenters. The number of nitrogens with zero attached hydrogens (tertiary/aromatic N) is 1. The summed E-state index contributed by atoms with van der Waals surface area (Å²) in [5.41, 5.74) is 5.33. The summed E-state index contributed by atoms with van der Waals surface area (Å²) in [4.78, 5) is 6.53. The monoisotopic (exact) mass is 531 g/mol. The number of ether oxygens (including phenoxy) is 1. The largest absolute Gasteiger partial charge is 0.496 e. The van der Waals surface area contributed by atoms with Crippen LogP contribution >= 0.6 is 34.9 Å². The number of aryl methyl sites for hydroxylation is 1. The highest BCUT2D eigenvalue weighted by molar-refractivity contribution is 8.03. The summed E-state index contributed by atoms with van der Waals surface area (Å²) in [5, 5.41) is 7.20. The van der Waals surface area contributed by atoms with E-state index < -0.39 is 0 Å². The number of thioether (sulfide) groups is 2.